The topological polar surface area (TPSA) is 104 Å². The van der Waals surface area contributed by atoms with Crippen molar-refractivity contribution in [1.82, 2.24) is 0 Å². The molecule has 0 fully saturated rings. The zero-order valence-electron chi connectivity index (χ0n) is 15.5. The quantitative estimate of drug-likeness (QED) is 0.420. The molecule has 0 atom stereocenters. The Kier molecular flexibility index (Phi) is 5.70. The summed E-state index contributed by atoms with van der Waals surface area (Å²) in [7, 11) is -3.71. The van der Waals surface area contributed by atoms with Crippen molar-refractivity contribution in [2.24, 2.45) is 0 Å². The van der Waals surface area contributed by atoms with Crippen LogP contribution >= 0.6 is 0 Å². The summed E-state index contributed by atoms with van der Waals surface area (Å²) in [5.41, 5.74) is 2.04. The molecule has 3 rings (SSSR count). The Labute approximate surface area is 168 Å². The van der Waals surface area contributed by atoms with Crippen molar-refractivity contribution in [1.29, 1.82) is 0 Å². The number of carbonyl (C=O) groups is 1. The van der Waals surface area contributed by atoms with Crippen LogP contribution in [0.15, 0.2) is 77.7 Å². The molecule has 148 valence electrons. The molecule has 3 N–H and O–H groups in total. The van der Waals surface area contributed by atoms with Crippen molar-refractivity contribution < 1.29 is 23.4 Å². The molecule has 6 nitrogen and oxygen atoms in total. The average Bonchev–Trinajstić information content (AvgIpc) is 2.68. The van der Waals surface area contributed by atoms with Crippen LogP contribution in [0.4, 0.5) is 5.69 Å². The Bertz CT molecular complexity index is 1160. The van der Waals surface area contributed by atoms with Gasteiger partial charge in [0.1, 0.15) is 11.5 Å². The number of rotatable bonds is 6. The number of allylic oxidation sites excluding steroid dienone is 1. The fraction of sp³-hybridized carbons (Fsp3) is 0.0455. The maximum Gasteiger partial charge on any atom is 0.261 e. The predicted molar refractivity (Wildman–Crippen MR) is 112 cm³/mol. The second kappa shape index (κ2) is 8.20. The Balaban J connectivity index is 1.71. The third kappa shape index (κ3) is 5.03. The van der Waals surface area contributed by atoms with Gasteiger partial charge in [0, 0.05) is 22.9 Å². The lowest BCUT2D eigenvalue weighted by atomic mass is 10.1. The number of benzene rings is 3. The highest BCUT2D eigenvalue weighted by atomic mass is 32.2. The van der Waals surface area contributed by atoms with Crippen LogP contribution in [0.2, 0.25) is 0 Å². The number of ketones is 1. The zero-order chi connectivity index (χ0) is 21.0. The number of aryl methyl sites for hydroxylation is 1. The van der Waals surface area contributed by atoms with Crippen LogP contribution in [0.3, 0.4) is 0 Å². The average molecular weight is 409 g/mol. The maximum absolute atomic E-state index is 12.4. The molecule has 0 saturated heterocycles. The summed E-state index contributed by atoms with van der Waals surface area (Å²) in [6, 6.07) is 16.6. The van der Waals surface area contributed by atoms with E-state index >= 15 is 0 Å². The van der Waals surface area contributed by atoms with Crippen LogP contribution < -0.4 is 4.72 Å². The first kappa shape index (κ1) is 20.2. The number of hydrogen-bond donors (Lipinski definition) is 3. The number of nitrogens with one attached hydrogen (secondary N) is 1. The van der Waals surface area contributed by atoms with Gasteiger partial charge in [0.25, 0.3) is 10.0 Å². The summed E-state index contributed by atoms with van der Waals surface area (Å²) in [6.07, 6.45) is 2.72. The van der Waals surface area contributed by atoms with E-state index in [0.29, 0.717) is 16.8 Å². The van der Waals surface area contributed by atoms with E-state index in [1.54, 1.807) is 12.1 Å². The lowest BCUT2D eigenvalue weighted by molar-refractivity contribution is 0.104. The minimum absolute atomic E-state index is 0.0744. The first-order chi connectivity index (χ1) is 13.7. The standard InChI is InChI=1S/C22H19NO5S/c1-15-2-11-20(12-3-15)29(27,28)23-18-8-4-16(5-9-18)21(25)13-7-17-6-10-19(24)14-22(17)26/h2-14,23-24,26H,1H3/b13-7+. The SMILES string of the molecule is Cc1ccc(S(=O)(=O)Nc2ccc(C(=O)/C=C/c3ccc(O)cc3O)cc2)cc1. The molecule has 0 spiro atoms. The Hall–Kier alpha value is -3.58. The van der Waals surface area contributed by atoms with Crippen molar-refractivity contribution in [2.75, 3.05) is 4.72 Å². The van der Waals surface area contributed by atoms with Crippen molar-refractivity contribution in [2.45, 2.75) is 11.8 Å². The monoisotopic (exact) mass is 409 g/mol. The van der Waals surface area contributed by atoms with Crippen molar-refractivity contribution in [3.05, 3.63) is 89.5 Å². The van der Waals surface area contributed by atoms with Gasteiger partial charge < -0.3 is 10.2 Å². The number of phenolic OH excluding ortho intramolecular Hbond substituents is 2. The minimum atomic E-state index is -3.71. The fourth-order valence-corrected chi connectivity index (χ4v) is 3.63. The zero-order valence-corrected chi connectivity index (χ0v) is 16.3. The van der Waals surface area contributed by atoms with Crippen LogP contribution in [0, 0.1) is 6.92 Å². The molecular weight excluding hydrogens is 390 g/mol. The Morgan fingerprint density at radius 1 is 0.931 bits per heavy atom. The predicted octanol–water partition coefficient (Wildman–Crippen LogP) is 4.10. The van der Waals surface area contributed by atoms with Crippen LogP contribution in [0.5, 0.6) is 11.5 Å². The van der Waals surface area contributed by atoms with Crippen LogP contribution in [0.1, 0.15) is 21.5 Å². The Morgan fingerprint density at radius 2 is 1.59 bits per heavy atom. The first-order valence-corrected chi connectivity index (χ1v) is 10.2. The second-order valence-corrected chi connectivity index (χ2v) is 8.12. The molecule has 0 aliphatic rings. The van der Waals surface area contributed by atoms with E-state index in [-0.39, 0.29) is 22.2 Å². The molecule has 0 amide bonds. The van der Waals surface area contributed by atoms with Gasteiger partial charge in [-0.1, -0.05) is 17.7 Å². The van der Waals surface area contributed by atoms with Gasteiger partial charge in [-0.05, 0) is 67.6 Å². The van der Waals surface area contributed by atoms with Crippen LogP contribution in [-0.4, -0.2) is 24.4 Å². The number of sulfonamides is 1. The van der Waals surface area contributed by atoms with Crippen molar-refractivity contribution >= 4 is 27.6 Å². The summed E-state index contributed by atoms with van der Waals surface area (Å²) < 4.78 is 27.3. The summed E-state index contributed by atoms with van der Waals surface area (Å²) >= 11 is 0. The molecule has 0 radical (unpaired) electrons. The number of aromatic hydroxyl groups is 2. The third-order valence-electron chi connectivity index (χ3n) is 4.18. The van der Waals surface area contributed by atoms with Crippen molar-refractivity contribution in [3.8, 4) is 11.5 Å². The van der Waals surface area contributed by atoms with Gasteiger partial charge in [0.2, 0.25) is 0 Å². The molecule has 3 aromatic carbocycles. The molecule has 0 aromatic heterocycles. The van der Waals surface area contributed by atoms with E-state index in [4.69, 9.17) is 0 Å². The normalized spacial score (nSPS) is 11.5. The van der Waals surface area contributed by atoms with Gasteiger partial charge in [-0.2, -0.15) is 0 Å². The molecule has 3 aromatic rings. The van der Waals surface area contributed by atoms with Crippen LogP contribution in [-0.2, 0) is 10.0 Å². The third-order valence-corrected chi connectivity index (χ3v) is 5.58. The second-order valence-electron chi connectivity index (χ2n) is 6.44. The smallest absolute Gasteiger partial charge is 0.261 e. The lowest BCUT2D eigenvalue weighted by Crippen LogP contribution is -2.13. The molecule has 0 bridgehead atoms. The van der Waals surface area contributed by atoms with Gasteiger partial charge in [0.05, 0.1) is 4.90 Å². The first-order valence-electron chi connectivity index (χ1n) is 8.68. The molecule has 29 heavy (non-hydrogen) atoms. The van der Waals surface area contributed by atoms with Gasteiger partial charge in [-0.3, -0.25) is 9.52 Å². The highest BCUT2D eigenvalue weighted by molar-refractivity contribution is 7.92. The van der Waals surface area contributed by atoms with Crippen LogP contribution in [0.25, 0.3) is 6.08 Å². The molecule has 0 saturated carbocycles. The molecule has 0 aliphatic carbocycles. The van der Waals surface area contributed by atoms with Gasteiger partial charge >= 0.3 is 0 Å². The lowest BCUT2D eigenvalue weighted by Gasteiger charge is -2.08. The van der Waals surface area contributed by atoms with E-state index in [1.165, 1.54) is 66.7 Å². The molecule has 0 unspecified atom stereocenters. The number of phenols is 2. The summed E-state index contributed by atoms with van der Waals surface area (Å²) in [5.74, 6) is -0.532. The number of hydrogen-bond acceptors (Lipinski definition) is 5. The highest BCUT2D eigenvalue weighted by Crippen LogP contribution is 2.24. The van der Waals surface area contributed by atoms with E-state index in [1.807, 2.05) is 6.92 Å². The molecular formula is C22H19NO5S. The summed E-state index contributed by atoms with van der Waals surface area (Å²) in [6.45, 7) is 1.87. The van der Waals surface area contributed by atoms with E-state index in [9.17, 15) is 23.4 Å². The number of anilines is 1. The summed E-state index contributed by atoms with van der Waals surface area (Å²) in [4.78, 5) is 12.4. The van der Waals surface area contributed by atoms with Crippen molar-refractivity contribution in [3.63, 3.8) is 0 Å². The van der Waals surface area contributed by atoms with E-state index in [2.05, 4.69) is 4.72 Å². The van der Waals surface area contributed by atoms with E-state index in [0.717, 1.165) is 5.56 Å². The fourth-order valence-electron chi connectivity index (χ4n) is 2.57. The minimum Gasteiger partial charge on any atom is -0.508 e. The number of carbonyl (C=O) groups excluding carboxylic acids is 1. The molecule has 7 heteroatoms. The Morgan fingerprint density at radius 3 is 2.21 bits per heavy atom. The maximum atomic E-state index is 12.4. The van der Waals surface area contributed by atoms with Gasteiger partial charge in [-0.25, -0.2) is 8.42 Å². The molecule has 0 aliphatic heterocycles. The highest BCUT2D eigenvalue weighted by Gasteiger charge is 2.14. The summed E-state index contributed by atoms with van der Waals surface area (Å²) in [5, 5.41) is 19.0. The largest absolute Gasteiger partial charge is 0.508 e. The molecule has 0 heterocycles. The van der Waals surface area contributed by atoms with Gasteiger partial charge in [-0.15, -0.1) is 0 Å². The van der Waals surface area contributed by atoms with E-state index < -0.39 is 10.0 Å². The van der Waals surface area contributed by atoms with Gasteiger partial charge in [0.15, 0.2) is 5.78 Å².